The summed E-state index contributed by atoms with van der Waals surface area (Å²) in [5.74, 6) is 0.906. The van der Waals surface area contributed by atoms with Crippen molar-refractivity contribution in [2.75, 3.05) is 11.9 Å². The lowest BCUT2D eigenvalue weighted by molar-refractivity contribution is 0.102. The lowest BCUT2D eigenvalue weighted by atomic mass is 9.91. The van der Waals surface area contributed by atoms with Crippen LogP contribution in [-0.4, -0.2) is 17.5 Å². The zero-order valence-corrected chi connectivity index (χ0v) is 19.2. The maximum absolute atomic E-state index is 12.6. The number of benzene rings is 3. The van der Waals surface area contributed by atoms with E-state index in [0.717, 1.165) is 34.4 Å². The van der Waals surface area contributed by atoms with Crippen molar-refractivity contribution in [1.82, 2.24) is 4.98 Å². The number of rotatable bonds is 5. The molecule has 0 spiro atoms. The minimum atomic E-state index is -0.179. The van der Waals surface area contributed by atoms with E-state index in [1.54, 1.807) is 18.3 Å². The van der Waals surface area contributed by atoms with Gasteiger partial charge in [0.25, 0.3) is 5.91 Å². The molecule has 32 heavy (non-hydrogen) atoms. The van der Waals surface area contributed by atoms with Gasteiger partial charge >= 0.3 is 0 Å². The van der Waals surface area contributed by atoms with E-state index in [2.05, 4.69) is 16.4 Å². The van der Waals surface area contributed by atoms with Crippen LogP contribution in [-0.2, 0) is 6.42 Å². The van der Waals surface area contributed by atoms with Crippen LogP contribution in [0.5, 0.6) is 5.75 Å². The Hall–Kier alpha value is -2.86. The third-order valence-corrected chi connectivity index (χ3v) is 6.76. The van der Waals surface area contributed by atoms with Crippen molar-refractivity contribution in [3.63, 3.8) is 0 Å². The van der Waals surface area contributed by atoms with Crippen LogP contribution in [0.25, 0.3) is 11.1 Å². The van der Waals surface area contributed by atoms with Crippen LogP contribution in [0.4, 0.5) is 5.13 Å². The van der Waals surface area contributed by atoms with Gasteiger partial charge in [-0.2, -0.15) is 0 Å². The van der Waals surface area contributed by atoms with E-state index in [-0.39, 0.29) is 11.8 Å². The molecular formula is C25H18Cl2N2O2S. The van der Waals surface area contributed by atoms with E-state index < -0.39 is 0 Å². The number of halogens is 2. The fourth-order valence-corrected chi connectivity index (χ4v) is 4.88. The van der Waals surface area contributed by atoms with Gasteiger partial charge in [0.15, 0.2) is 5.13 Å². The summed E-state index contributed by atoms with van der Waals surface area (Å²) in [5, 5.41) is 6.53. The summed E-state index contributed by atoms with van der Waals surface area (Å²) < 4.78 is 5.92. The van der Waals surface area contributed by atoms with Crippen molar-refractivity contribution in [3.05, 3.63) is 99.0 Å². The number of anilines is 1. The first-order valence-corrected chi connectivity index (χ1v) is 11.7. The third-order valence-electron chi connectivity index (χ3n) is 5.48. The monoisotopic (exact) mass is 480 g/mol. The second kappa shape index (κ2) is 8.94. The maximum atomic E-state index is 12.6. The quantitative estimate of drug-likeness (QED) is 0.331. The lowest BCUT2D eigenvalue weighted by Crippen LogP contribution is -2.11. The molecule has 3 aromatic carbocycles. The van der Waals surface area contributed by atoms with Gasteiger partial charge in [0.2, 0.25) is 0 Å². The molecule has 4 aromatic rings. The molecule has 1 aliphatic rings. The fraction of sp³-hybridized carbons (Fsp3) is 0.120. The second-order valence-corrected chi connectivity index (χ2v) is 9.31. The number of ether oxygens (including phenoxy) is 1. The van der Waals surface area contributed by atoms with Crippen LogP contribution in [0, 0.1) is 0 Å². The van der Waals surface area contributed by atoms with Crippen molar-refractivity contribution in [2.24, 2.45) is 0 Å². The minimum absolute atomic E-state index is 0.179. The number of aromatic nitrogens is 1. The highest BCUT2D eigenvalue weighted by molar-refractivity contribution is 7.13. The Bertz CT molecular complexity index is 1290. The number of amides is 1. The summed E-state index contributed by atoms with van der Waals surface area (Å²) in [6, 6.07) is 19.4. The molecule has 0 saturated heterocycles. The molecule has 5 rings (SSSR count). The molecule has 0 bridgehead atoms. The highest BCUT2D eigenvalue weighted by atomic mass is 35.5. The molecule has 0 aliphatic carbocycles. The summed E-state index contributed by atoms with van der Waals surface area (Å²) in [4.78, 5) is 16.7. The maximum Gasteiger partial charge on any atom is 0.257 e. The van der Waals surface area contributed by atoms with Crippen molar-refractivity contribution < 1.29 is 9.53 Å². The van der Waals surface area contributed by atoms with Crippen LogP contribution in [0.15, 0.2) is 72.2 Å². The average molecular weight is 481 g/mol. The first-order valence-electron chi connectivity index (χ1n) is 10.1. The number of nitrogens with one attached hydrogen (secondary N) is 1. The topological polar surface area (TPSA) is 51.2 Å². The lowest BCUT2D eigenvalue weighted by Gasteiger charge is -2.12. The molecule has 4 nitrogen and oxygen atoms in total. The zero-order valence-electron chi connectivity index (χ0n) is 16.8. The van der Waals surface area contributed by atoms with Crippen LogP contribution in [0.2, 0.25) is 10.0 Å². The van der Waals surface area contributed by atoms with Gasteiger partial charge in [-0.25, -0.2) is 4.98 Å². The molecule has 0 saturated carbocycles. The number of fused-ring (bicyclic) bond motifs is 1. The molecule has 7 heteroatoms. The van der Waals surface area contributed by atoms with E-state index in [1.165, 1.54) is 11.3 Å². The fourth-order valence-electron chi connectivity index (χ4n) is 3.87. The highest BCUT2D eigenvalue weighted by Gasteiger charge is 2.25. The molecule has 1 atom stereocenters. The predicted octanol–water partition coefficient (Wildman–Crippen LogP) is 7.09. The molecule has 160 valence electrons. The summed E-state index contributed by atoms with van der Waals surface area (Å²) in [6.07, 6.45) is 2.43. The number of nitrogens with zero attached hydrogens (tertiary/aromatic N) is 1. The minimum Gasteiger partial charge on any atom is -0.493 e. The van der Waals surface area contributed by atoms with Crippen LogP contribution < -0.4 is 10.1 Å². The van der Waals surface area contributed by atoms with E-state index >= 15 is 0 Å². The van der Waals surface area contributed by atoms with Crippen LogP contribution in [0.1, 0.15) is 27.4 Å². The number of hydrogen-bond acceptors (Lipinski definition) is 4. The third kappa shape index (κ3) is 4.37. The molecule has 0 fully saturated rings. The highest BCUT2D eigenvalue weighted by Crippen LogP contribution is 2.39. The SMILES string of the molecule is O=C(Nc1nccs1)c1cccc(-c2ccc3c(c2)C(Cc2ccc(Cl)cc2Cl)CO3)c1. The number of hydrogen-bond donors (Lipinski definition) is 1. The van der Waals surface area contributed by atoms with Gasteiger partial charge in [0, 0.05) is 38.7 Å². The van der Waals surface area contributed by atoms with Crippen molar-refractivity contribution in [2.45, 2.75) is 12.3 Å². The van der Waals surface area contributed by atoms with E-state index in [9.17, 15) is 4.79 Å². The molecule has 1 aliphatic heterocycles. The summed E-state index contributed by atoms with van der Waals surface area (Å²) in [6.45, 7) is 0.605. The van der Waals surface area contributed by atoms with E-state index in [0.29, 0.717) is 27.3 Å². The van der Waals surface area contributed by atoms with E-state index in [4.69, 9.17) is 27.9 Å². The molecule has 0 radical (unpaired) electrons. The van der Waals surface area contributed by atoms with Crippen molar-refractivity contribution in [3.8, 4) is 16.9 Å². The average Bonchev–Trinajstić information content (AvgIpc) is 3.45. The second-order valence-electron chi connectivity index (χ2n) is 7.57. The summed E-state index contributed by atoms with van der Waals surface area (Å²) in [5.41, 5.74) is 4.77. The van der Waals surface area contributed by atoms with Gasteiger partial charge in [0.05, 0.1) is 6.61 Å². The van der Waals surface area contributed by atoms with Gasteiger partial charge < -0.3 is 4.74 Å². The Labute approximate surface area is 199 Å². The van der Waals surface area contributed by atoms with Crippen LogP contribution >= 0.6 is 34.5 Å². The summed E-state index contributed by atoms with van der Waals surface area (Å²) in [7, 11) is 0. The molecule has 2 heterocycles. The Balaban J connectivity index is 1.40. The predicted molar refractivity (Wildman–Crippen MR) is 130 cm³/mol. The molecule has 1 unspecified atom stereocenters. The molecule has 1 amide bonds. The summed E-state index contributed by atoms with van der Waals surface area (Å²) >= 11 is 13.8. The van der Waals surface area contributed by atoms with Gasteiger partial charge in [-0.3, -0.25) is 10.1 Å². The first kappa shape index (κ1) is 21.0. The van der Waals surface area contributed by atoms with Gasteiger partial charge in [-0.05, 0) is 59.5 Å². The smallest absolute Gasteiger partial charge is 0.257 e. The largest absolute Gasteiger partial charge is 0.493 e. The van der Waals surface area contributed by atoms with E-state index in [1.807, 2.05) is 47.8 Å². The Morgan fingerprint density at radius 2 is 1.97 bits per heavy atom. The van der Waals surface area contributed by atoms with Gasteiger partial charge in [-0.15, -0.1) is 11.3 Å². The first-order chi connectivity index (χ1) is 15.6. The molecule has 1 N–H and O–H groups in total. The zero-order chi connectivity index (χ0) is 22.1. The number of carbonyl (C=O) groups is 1. The van der Waals surface area contributed by atoms with Crippen LogP contribution in [0.3, 0.4) is 0 Å². The number of carbonyl (C=O) groups excluding carboxylic acids is 1. The standard InChI is InChI=1S/C25H18Cl2N2O2S/c26-20-6-4-17(22(27)13-20)11-19-14-31-23-7-5-16(12-21(19)23)15-2-1-3-18(10-15)24(30)29-25-28-8-9-32-25/h1-10,12-13,19H,11,14H2,(H,28,29,30). The van der Waals surface area contributed by atoms with Crippen molar-refractivity contribution in [1.29, 1.82) is 0 Å². The normalized spacial score (nSPS) is 14.6. The Kier molecular flexibility index (Phi) is 5.87. The Morgan fingerprint density at radius 1 is 1.09 bits per heavy atom. The molecule has 1 aromatic heterocycles. The van der Waals surface area contributed by atoms with Gasteiger partial charge in [0.1, 0.15) is 5.75 Å². The van der Waals surface area contributed by atoms with Crippen molar-refractivity contribution >= 4 is 45.6 Å². The number of thiazole rings is 1. The van der Waals surface area contributed by atoms with Gasteiger partial charge in [-0.1, -0.05) is 47.5 Å². The Morgan fingerprint density at radius 3 is 2.78 bits per heavy atom. The molecular weight excluding hydrogens is 463 g/mol.